The fourth-order valence-electron chi connectivity index (χ4n) is 3.80. The van der Waals surface area contributed by atoms with Crippen LogP contribution in [-0.4, -0.2) is 39.3 Å². The molecule has 0 saturated carbocycles. The summed E-state index contributed by atoms with van der Waals surface area (Å²) in [7, 11) is 1.77. The van der Waals surface area contributed by atoms with Gasteiger partial charge in [0, 0.05) is 38.5 Å². The lowest BCUT2D eigenvalue weighted by Crippen LogP contribution is -2.37. The molecule has 31 heavy (non-hydrogen) atoms. The van der Waals surface area contributed by atoms with Gasteiger partial charge in [0.25, 0.3) is 0 Å². The smallest absolute Gasteiger partial charge is 0.226 e. The Hall–Kier alpha value is -3.16. The standard InChI is InChI=1S/C23H31N7O/c1-17-9-11-18(12-10-17)22-27-19(16-31-22)15-26-23(24-2)25-13-6-8-21-29-28-20-7-4-3-5-14-30(20)21/h9-12,16H,3-8,13-15H2,1-2H3,(H2,24,25,26). The number of nitrogens with zero attached hydrogens (tertiary/aromatic N) is 5. The second-order valence-electron chi connectivity index (χ2n) is 7.96. The highest BCUT2D eigenvalue weighted by molar-refractivity contribution is 5.79. The molecule has 2 aromatic heterocycles. The van der Waals surface area contributed by atoms with E-state index >= 15 is 0 Å². The Morgan fingerprint density at radius 2 is 2.00 bits per heavy atom. The molecule has 1 aliphatic rings. The predicted octanol–water partition coefficient (Wildman–Crippen LogP) is 3.27. The lowest BCUT2D eigenvalue weighted by Gasteiger charge is -2.11. The van der Waals surface area contributed by atoms with E-state index in [2.05, 4.69) is 54.4 Å². The van der Waals surface area contributed by atoms with Crippen molar-refractivity contribution in [2.75, 3.05) is 13.6 Å². The quantitative estimate of drug-likeness (QED) is 0.346. The summed E-state index contributed by atoms with van der Waals surface area (Å²) in [6, 6.07) is 8.15. The van der Waals surface area contributed by atoms with Crippen LogP contribution < -0.4 is 10.6 Å². The van der Waals surface area contributed by atoms with Gasteiger partial charge in [-0.05, 0) is 38.3 Å². The first kappa shape index (κ1) is 21.1. The van der Waals surface area contributed by atoms with Gasteiger partial charge in [-0.2, -0.15) is 0 Å². The number of rotatable bonds is 7. The molecule has 0 unspecified atom stereocenters. The Morgan fingerprint density at radius 3 is 2.84 bits per heavy atom. The summed E-state index contributed by atoms with van der Waals surface area (Å²) in [5.41, 5.74) is 3.03. The normalized spacial score (nSPS) is 14.2. The van der Waals surface area contributed by atoms with E-state index in [1.54, 1.807) is 13.3 Å². The molecule has 0 fully saturated rings. The number of aliphatic imine (C=N–C) groups is 1. The van der Waals surface area contributed by atoms with Crippen molar-refractivity contribution in [2.45, 2.75) is 58.5 Å². The second kappa shape index (κ2) is 10.2. The Labute approximate surface area is 183 Å². The molecule has 0 spiro atoms. The van der Waals surface area contributed by atoms with Crippen molar-refractivity contribution < 1.29 is 4.42 Å². The summed E-state index contributed by atoms with van der Waals surface area (Å²) in [5.74, 6) is 3.63. The summed E-state index contributed by atoms with van der Waals surface area (Å²) >= 11 is 0. The molecule has 1 aliphatic heterocycles. The van der Waals surface area contributed by atoms with Crippen molar-refractivity contribution in [1.29, 1.82) is 0 Å². The van der Waals surface area contributed by atoms with Gasteiger partial charge in [-0.1, -0.05) is 24.1 Å². The average molecular weight is 422 g/mol. The molecule has 0 atom stereocenters. The molecule has 3 heterocycles. The Kier molecular flexibility index (Phi) is 6.96. The van der Waals surface area contributed by atoms with E-state index < -0.39 is 0 Å². The maximum atomic E-state index is 5.62. The molecule has 0 radical (unpaired) electrons. The minimum Gasteiger partial charge on any atom is -0.444 e. The largest absolute Gasteiger partial charge is 0.444 e. The first-order chi connectivity index (χ1) is 15.2. The van der Waals surface area contributed by atoms with Crippen LogP contribution in [0.2, 0.25) is 0 Å². The van der Waals surface area contributed by atoms with Gasteiger partial charge >= 0.3 is 0 Å². The number of fused-ring (bicyclic) bond motifs is 1. The van der Waals surface area contributed by atoms with Crippen LogP contribution in [0, 0.1) is 6.92 Å². The van der Waals surface area contributed by atoms with Crippen molar-refractivity contribution in [3.63, 3.8) is 0 Å². The van der Waals surface area contributed by atoms with Crippen LogP contribution in [0.25, 0.3) is 11.5 Å². The van der Waals surface area contributed by atoms with E-state index in [1.807, 2.05) is 12.1 Å². The summed E-state index contributed by atoms with van der Waals surface area (Å²) in [6.07, 6.45) is 8.35. The van der Waals surface area contributed by atoms with Gasteiger partial charge in [-0.25, -0.2) is 4.98 Å². The molecule has 0 amide bonds. The summed E-state index contributed by atoms with van der Waals surface area (Å²) in [5, 5.41) is 15.4. The van der Waals surface area contributed by atoms with Crippen LogP contribution in [-0.2, 0) is 25.9 Å². The Morgan fingerprint density at radius 1 is 1.13 bits per heavy atom. The lowest BCUT2D eigenvalue weighted by molar-refractivity contribution is 0.572. The third kappa shape index (κ3) is 5.51. The molecule has 1 aromatic carbocycles. The van der Waals surface area contributed by atoms with E-state index in [-0.39, 0.29) is 0 Å². The zero-order valence-electron chi connectivity index (χ0n) is 18.4. The minimum absolute atomic E-state index is 0.548. The van der Waals surface area contributed by atoms with Gasteiger partial charge in [-0.15, -0.1) is 10.2 Å². The van der Waals surface area contributed by atoms with Gasteiger partial charge in [-0.3, -0.25) is 4.99 Å². The average Bonchev–Trinajstić information content (AvgIpc) is 3.34. The van der Waals surface area contributed by atoms with E-state index in [4.69, 9.17) is 4.42 Å². The zero-order chi connectivity index (χ0) is 21.5. The molecule has 0 aliphatic carbocycles. The van der Waals surface area contributed by atoms with Gasteiger partial charge < -0.3 is 19.6 Å². The molecule has 3 aromatic rings. The monoisotopic (exact) mass is 421 g/mol. The van der Waals surface area contributed by atoms with Crippen LogP contribution in [0.4, 0.5) is 0 Å². The minimum atomic E-state index is 0.548. The molecule has 8 heteroatoms. The fraction of sp³-hybridized carbons (Fsp3) is 0.478. The number of hydrogen-bond acceptors (Lipinski definition) is 5. The van der Waals surface area contributed by atoms with Crippen LogP contribution >= 0.6 is 0 Å². The maximum absolute atomic E-state index is 5.62. The van der Waals surface area contributed by atoms with Crippen molar-refractivity contribution in [3.05, 3.63) is 53.4 Å². The molecule has 0 saturated heterocycles. The van der Waals surface area contributed by atoms with Crippen molar-refractivity contribution in [2.24, 2.45) is 4.99 Å². The number of hydrogen-bond donors (Lipinski definition) is 2. The van der Waals surface area contributed by atoms with Crippen molar-refractivity contribution >= 4 is 5.96 Å². The Bertz CT molecular complexity index is 1000. The number of aromatic nitrogens is 4. The van der Waals surface area contributed by atoms with E-state index in [9.17, 15) is 0 Å². The lowest BCUT2D eigenvalue weighted by atomic mass is 10.1. The molecule has 2 N–H and O–H groups in total. The van der Waals surface area contributed by atoms with Gasteiger partial charge in [0.15, 0.2) is 5.96 Å². The number of oxazole rings is 1. The van der Waals surface area contributed by atoms with E-state index in [1.165, 1.54) is 24.8 Å². The van der Waals surface area contributed by atoms with Gasteiger partial charge in [0.05, 0.1) is 12.2 Å². The number of nitrogens with one attached hydrogen (secondary N) is 2. The van der Waals surface area contributed by atoms with Crippen LogP contribution in [0.15, 0.2) is 39.9 Å². The van der Waals surface area contributed by atoms with Crippen LogP contribution in [0.3, 0.4) is 0 Å². The highest BCUT2D eigenvalue weighted by Crippen LogP contribution is 2.19. The maximum Gasteiger partial charge on any atom is 0.226 e. The summed E-state index contributed by atoms with van der Waals surface area (Å²) < 4.78 is 7.94. The second-order valence-corrected chi connectivity index (χ2v) is 7.96. The topological polar surface area (TPSA) is 93.2 Å². The SMILES string of the molecule is CN=C(NCCCc1nnc2n1CCCCC2)NCc1coc(-c2ccc(C)cc2)n1. The highest BCUT2D eigenvalue weighted by Gasteiger charge is 2.14. The number of aryl methyl sites for hydroxylation is 3. The molecule has 8 nitrogen and oxygen atoms in total. The van der Waals surface area contributed by atoms with Gasteiger partial charge in [0.1, 0.15) is 17.9 Å². The summed E-state index contributed by atoms with van der Waals surface area (Å²) in [4.78, 5) is 8.86. The molecule has 164 valence electrons. The summed E-state index contributed by atoms with van der Waals surface area (Å²) in [6.45, 7) is 4.48. The molecular formula is C23H31N7O. The van der Waals surface area contributed by atoms with E-state index in [0.29, 0.717) is 12.4 Å². The zero-order valence-corrected chi connectivity index (χ0v) is 18.4. The van der Waals surface area contributed by atoms with Crippen molar-refractivity contribution in [3.8, 4) is 11.5 Å². The van der Waals surface area contributed by atoms with E-state index in [0.717, 1.165) is 61.2 Å². The number of guanidine groups is 1. The first-order valence-corrected chi connectivity index (χ1v) is 11.1. The predicted molar refractivity (Wildman–Crippen MR) is 121 cm³/mol. The van der Waals surface area contributed by atoms with Crippen LogP contribution in [0.5, 0.6) is 0 Å². The third-order valence-corrected chi connectivity index (χ3v) is 5.57. The third-order valence-electron chi connectivity index (χ3n) is 5.57. The highest BCUT2D eigenvalue weighted by atomic mass is 16.3. The molecule has 0 bridgehead atoms. The molecule has 4 rings (SSSR count). The fourth-order valence-corrected chi connectivity index (χ4v) is 3.80. The van der Waals surface area contributed by atoms with Gasteiger partial charge in [0.2, 0.25) is 5.89 Å². The van der Waals surface area contributed by atoms with Crippen LogP contribution in [0.1, 0.15) is 48.6 Å². The Balaban J connectivity index is 1.22. The van der Waals surface area contributed by atoms with Crippen molar-refractivity contribution in [1.82, 2.24) is 30.4 Å². The number of benzene rings is 1. The molecular weight excluding hydrogens is 390 g/mol. The first-order valence-electron chi connectivity index (χ1n) is 11.1.